The van der Waals surface area contributed by atoms with Gasteiger partial charge in [-0.25, -0.2) is 0 Å². The van der Waals surface area contributed by atoms with Crippen LogP contribution in [0.2, 0.25) is 0 Å². The molecule has 0 bridgehead atoms. The second kappa shape index (κ2) is 5.11. The predicted molar refractivity (Wildman–Crippen MR) is 67.3 cm³/mol. The van der Waals surface area contributed by atoms with Crippen molar-refractivity contribution >= 4 is 12.4 Å². The van der Waals surface area contributed by atoms with Gasteiger partial charge >= 0.3 is 0 Å². The molecule has 1 aliphatic carbocycles. The Hall–Kier alpha value is -1.37. The minimum absolute atomic E-state index is 0.326. The number of hydrogen-bond donors (Lipinski definition) is 0. The second-order valence-corrected chi connectivity index (χ2v) is 4.67. The van der Waals surface area contributed by atoms with Crippen LogP contribution in [0.1, 0.15) is 43.2 Å². The van der Waals surface area contributed by atoms with Gasteiger partial charge in [-0.3, -0.25) is 0 Å². The largest absolute Gasteiger partial charge is 0.303 e. The van der Waals surface area contributed by atoms with E-state index in [0.29, 0.717) is 12.3 Å². The Balaban J connectivity index is 2.08. The normalized spacial score (nSPS) is 17.6. The lowest BCUT2D eigenvalue weighted by molar-refractivity contribution is -0.108. The molecular formula is C15H18O. The van der Waals surface area contributed by atoms with Crippen LogP contribution in [0.25, 0.3) is 6.08 Å². The van der Waals surface area contributed by atoms with Gasteiger partial charge in [0.15, 0.2) is 0 Å². The zero-order chi connectivity index (χ0) is 11.4. The van der Waals surface area contributed by atoms with E-state index in [2.05, 4.69) is 43.3 Å². The number of hydrogen-bond acceptors (Lipinski definition) is 1. The fourth-order valence-corrected chi connectivity index (χ4v) is 1.79. The van der Waals surface area contributed by atoms with Gasteiger partial charge in [0, 0.05) is 6.42 Å². The summed E-state index contributed by atoms with van der Waals surface area (Å²) in [6.45, 7) is 2.10. The molecule has 1 atom stereocenters. The van der Waals surface area contributed by atoms with E-state index < -0.39 is 0 Å². The van der Waals surface area contributed by atoms with E-state index in [1.54, 1.807) is 0 Å². The zero-order valence-electron chi connectivity index (χ0n) is 9.73. The number of allylic oxidation sites excluding steroid dienone is 1. The van der Waals surface area contributed by atoms with Gasteiger partial charge in [0.25, 0.3) is 0 Å². The SMILES string of the molecule is CC(CC=O)c1cccc(/C=C/C2CC2)c1. The van der Waals surface area contributed by atoms with E-state index in [1.165, 1.54) is 24.0 Å². The first-order chi connectivity index (χ1) is 7.79. The molecule has 1 aliphatic rings. The standard InChI is InChI=1S/C15H18O/c1-12(9-10-16)15-4-2-3-14(11-15)8-7-13-5-6-13/h2-4,7-8,10-13H,5-6,9H2,1H3/b8-7+. The summed E-state index contributed by atoms with van der Waals surface area (Å²) in [7, 11) is 0. The van der Waals surface area contributed by atoms with Crippen LogP contribution >= 0.6 is 0 Å². The monoisotopic (exact) mass is 214 g/mol. The Labute approximate surface area is 97.2 Å². The Morgan fingerprint density at radius 1 is 1.44 bits per heavy atom. The third kappa shape index (κ3) is 3.06. The third-order valence-electron chi connectivity index (χ3n) is 3.11. The average molecular weight is 214 g/mol. The molecule has 0 aliphatic heterocycles. The molecule has 0 amide bonds. The van der Waals surface area contributed by atoms with Crippen molar-refractivity contribution in [2.24, 2.45) is 5.92 Å². The molecule has 0 aromatic heterocycles. The van der Waals surface area contributed by atoms with Gasteiger partial charge in [0.1, 0.15) is 6.29 Å². The maximum atomic E-state index is 10.5. The van der Waals surface area contributed by atoms with Crippen LogP contribution in [0, 0.1) is 5.92 Å². The molecule has 16 heavy (non-hydrogen) atoms. The lowest BCUT2D eigenvalue weighted by Gasteiger charge is -2.08. The van der Waals surface area contributed by atoms with Crippen LogP contribution in [0.15, 0.2) is 30.3 Å². The van der Waals surface area contributed by atoms with Crippen molar-refractivity contribution in [2.75, 3.05) is 0 Å². The van der Waals surface area contributed by atoms with Crippen molar-refractivity contribution in [2.45, 2.75) is 32.1 Å². The lowest BCUT2D eigenvalue weighted by Crippen LogP contribution is -1.94. The first-order valence-electron chi connectivity index (χ1n) is 6.01. The van der Waals surface area contributed by atoms with Gasteiger partial charge in [0.2, 0.25) is 0 Å². The molecule has 0 saturated heterocycles. The summed E-state index contributed by atoms with van der Waals surface area (Å²) >= 11 is 0. The summed E-state index contributed by atoms with van der Waals surface area (Å²) in [5, 5.41) is 0. The quantitative estimate of drug-likeness (QED) is 0.681. The Morgan fingerprint density at radius 3 is 2.94 bits per heavy atom. The number of benzene rings is 1. The third-order valence-corrected chi connectivity index (χ3v) is 3.11. The fourth-order valence-electron chi connectivity index (χ4n) is 1.79. The van der Waals surface area contributed by atoms with E-state index in [0.717, 1.165) is 12.2 Å². The number of carbonyl (C=O) groups is 1. The molecule has 1 saturated carbocycles. The molecule has 0 heterocycles. The number of aldehydes is 1. The lowest BCUT2D eigenvalue weighted by atomic mass is 9.96. The molecule has 84 valence electrons. The molecule has 0 spiro atoms. The minimum Gasteiger partial charge on any atom is -0.303 e. The van der Waals surface area contributed by atoms with Gasteiger partial charge in [-0.15, -0.1) is 0 Å². The number of rotatable bonds is 5. The highest BCUT2D eigenvalue weighted by Crippen LogP contribution is 2.31. The smallest absolute Gasteiger partial charge is 0.120 e. The summed E-state index contributed by atoms with van der Waals surface area (Å²) in [4.78, 5) is 10.5. The molecule has 1 heteroatoms. The Morgan fingerprint density at radius 2 is 2.25 bits per heavy atom. The highest BCUT2D eigenvalue weighted by atomic mass is 16.1. The summed E-state index contributed by atoms with van der Waals surface area (Å²) in [5.41, 5.74) is 2.51. The average Bonchev–Trinajstić information content (AvgIpc) is 3.11. The molecule has 1 fully saturated rings. The van der Waals surface area contributed by atoms with Crippen LogP contribution in [0.4, 0.5) is 0 Å². The molecule has 1 unspecified atom stereocenters. The topological polar surface area (TPSA) is 17.1 Å². The predicted octanol–water partition coefficient (Wildman–Crippen LogP) is 3.80. The summed E-state index contributed by atoms with van der Waals surface area (Å²) in [5.74, 6) is 1.14. The van der Waals surface area contributed by atoms with Crippen LogP contribution in [0.3, 0.4) is 0 Å². The van der Waals surface area contributed by atoms with Crippen molar-refractivity contribution < 1.29 is 4.79 Å². The zero-order valence-corrected chi connectivity index (χ0v) is 9.73. The van der Waals surface area contributed by atoms with E-state index in [1.807, 2.05) is 0 Å². The minimum atomic E-state index is 0.326. The van der Waals surface area contributed by atoms with Gasteiger partial charge in [-0.2, -0.15) is 0 Å². The second-order valence-electron chi connectivity index (χ2n) is 4.67. The molecule has 0 radical (unpaired) electrons. The highest BCUT2D eigenvalue weighted by molar-refractivity contribution is 5.54. The summed E-state index contributed by atoms with van der Waals surface area (Å²) in [6.07, 6.45) is 8.79. The van der Waals surface area contributed by atoms with Crippen molar-refractivity contribution in [1.82, 2.24) is 0 Å². The highest BCUT2D eigenvalue weighted by Gasteiger charge is 2.16. The van der Waals surface area contributed by atoms with Crippen LogP contribution < -0.4 is 0 Å². The summed E-state index contributed by atoms with van der Waals surface area (Å²) < 4.78 is 0. The maximum absolute atomic E-state index is 10.5. The van der Waals surface area contributed by atoms with E-state index in [-0.39, 0.29) is 0 Å². The van der Waals surface area contributed by atoms with Gasteiger partial charge in [-0.1, -0.05) is 43.3 Å². The molecule has 1 aromatic rings. The van der Waals surface area contributed by atoms with Crippen molar-refractivity contribution in [3.8, 4) is 0 Å². The van der Waals surface area contributed by atoms with Crippen LogP contribution in [-0.2, 0) is 4.79 Å². The van der Waals surface area contributed by atoms with Crippen molar-refractivity contribution in [3.05, 3.63) is 41.5 Å². The van der Waals surface area contributed by atoms with Gasteiger partial charge in [-0.05, 0) is 35.8 Å². The van der Waals surface area contributed by atoms with E-state index in [9.17, 15) is 4.79 Å². The van der Waals surface area contributed by atoms with Crippen molar-refractivity contribution in [3.63, 3.8) is 0 Å². The van der Waals surface area contributed by atoms with E-state index in [4.69, 9.17) is 0 Å². The molecule has 2 rings (SSSR count). The van der Waals surface area contributed by atoms with Gasteiger partial charge in [0.05, 0.1) is 0 Å². The molecule has 0 N–H and O–H groups in total. The molecule has 1 aromatic carbocycles. The molecule has 1 nitrogen and oxygen atoms in total. The first-order valence-corrected chi connectivity index (χ1v) is 6.01. The molecular weight excluding hydrogens is 196 g/mol. The fraction of sp³-hybridized carbons (Fsp3) is 0.400. The van der Waals surface area contributed by atoms with Crippen LogP contribution in [-0.4, -0.2) is 6.29 Å². The van der Waals surface area contributed by atoms with E-state index >= 15 is 0 Å². The Bertz CT molecular complexity index is 388. The maximum Gasteiger partial charge on any atom is 0.120 e. The number of carbonyl (C=O) groups excluding carboxylic acids is 1. The summed E-state index contributed by atoms with van der Waals surface area (Å²) in [6, 6.07) is 8.48. The van der Waals surface area contributed by atoms with Crippen LogP contribution in [0.5, 0.6) is 0 Å². The Kier molecular flexibility index (Phi) is 3.55. The van der Waals surface area contributed by atoms with Crippen molar-refractivity contribution in [1.29, 1.82) is 0 Å². The van der Waals surface area contributed by atoms with Gasteiger partial charge < -0.3 is 4.79 Å². The first kappa shape index (κ1) is 11.1.